The third kappa shape index (κ3) is 6.11. The Morgan fingerprint density at radius 1 is 1.11 bits per heavy atom. The van der Waals surface area contributed by atoms with E-state index in [1.54, 1.807) is 39.0 Å². The summed E-state index contributed by atoms with van der Waals surface area (Å²) < 4.78 is 21.9. The summed E-state index contributed by atoms with van der Waals surface area (Å²) in [4.78, 5) is 47.9. The SMILES string of the molecule is CCOC(=O)CN(C(=O)N1CCN(C2(OC)C=CC=C(OC)C2)CC1)c1cc(C(C)=O)c(C)nc1OC. The highest BCUT2D eigenvalue weighted by Crippen LogP contribution is 2.33. The van der Waals surface area contributed by atoms with Crippen molar-refractivity contribution in [3.63, 3.8) is 0 Å². The molecule has 0 aromatic carbocycles. The Balaban J connectivity index is 1.86. The van der Waals surface area contributed by atoms with Gasteiger partial charge in [0, 0.05) is 38.9 Å². The molecule has 0 saturated carbocycles. The molecule has 1 aliphatic carbocycles. The number of allylic oxidation sites excluding steroid dienone is 2. The molecule has 0 bridgehead atoms. The number of esters is 1. The van der Waals surface area contributed by atoms with Crippen molar-refractivity contribution in [2.24, 2.45) is 0 Å². The van der Waals surface area contributed by atoms with Crippen LogP contribution in [0.4, 0.5) is 10.5 Å². The van der Waals surface area contributed by atoms with Gasteiger partial charge < -0.3 is 23.8 Å². The van der Waals surface area contributed by atoms with Gasteiger partial charge in [0.25, 0.3) is 0 Å². The fourth-order valence-corrected chi connectivity index (χ4v) is 4.61. The lowest BCUT2D eigenvalue weighted by molar-refractivity contribution is -0.141. The van der Waals surface area contributed by atoms with E-state index >= 15 is 0 Å². The van der Waals surface area contributed by atoms with Crippen molar-refractivity contribution in [1.82, 2.24) is 14.8 Å². The number of Topliss-reactive ketones (excluding diaryl/α,β-unsaturated/α-hetero) is 1. The number of urea groups is 1. The van der Waals surface area contributed by atoms with E-state index in [0.717, 1.165) is 5.76 Å². The molecule has 2 aliphatic rings. The zero-order valence-electron chi connectivity index (χ0n) is 22.4. The highest BCUT2D eigenvalue weighted by molar-refractivity contribution is 6.01. The van der Waals surface area contributed by atoms with Crippen LogP contribution in [0.3, 0.4) is 0 Å². The van der Waals surface area contributed by atoms with Gasteiger partial charge in [-0.1, -0.05) is 6.08 Å². The molecule has 1 saturated heterocycles. The fourth-order valence-electron chi connectivity index (χ4n) is 4.61. The quantitative estimate of drug-likeness (QED) is 0.361. The highest BCUT2D eigenvalue weighted by atomic mass is 16.5. The first-order chi connectivity index (χ1) is 17.7. The van der Waals surface area contributed by atoms with Crippen LogP contribution in [0.1, 0.15) is 36.3 Å². The van der Waals surface area contributed by atoms with Crippen molar-refractivity contribution >= 4 is 23.5 Å². The Labute approximate surface area is 217 Å². The van der Waals surface area contributed by atoms with Gasteiger partial charge in [0.15, 0.2) is 5.78 Å². The minimum absolute atomic E-state index is 0.142. The largest absolute Gasteiger partial charge is 0.501 e. The molecular formula is C26H36N4O7. The summed E-state index contributed by atoms with van der Waals surface area (Å²) in [5, 5.41) is 0. The predicted molar refractivity (Wildman–Crippen MR) is 137 cm³/mol. The number of rotatable bonds is 9. The van der Waals surface area contributed by atoms with Crippen molar-refractivity contribution in [2.45, 2.75) is 32.9 Å². The van der Waals surface area contributed by atoms with Crippen molar-refractivity contribution in [1.29, 1.82) is 0 Å². The Morgan fingerprint density at radius 3 is 2.38 bits per heavy atom. The lowest BCUT2D eigenvalue weighted by atomic mass is 9.99. The molecule has 11 nitrogen and oxygen atoms in total. The number of aryl methyl sites for hydroxylation is 1. The van der Waals surface area contributed by atoms with Crippen molar-refractivity contribution in [3.05, 3.63) is 41.3 Å². The molecule has 1 aromatic rings. The number of methoxy groups -OCH3 is 3. The number of ether oxygens (including phenoxy) is 4. The van der Waals surface area contributed by atoms with Gasteiger partial charge in [0.1, 0.15) is 23.7 Å². The van der Waals surface area contributed by atoms with Gasteiger partial charge in [-0.15, -0.1) is 0 Å². The number of carbonyl (C=O) groups excluding carboxylic acids is 3. The molecule has 1 aliphatic heterocycles. The second kappa shape index (κ2) is 12.2. The summed E-state index contributed by atoms with van der Waals surface area (Å²) in [6.07, 6.45) is 6.36. The molecule has 1 unspecified atom stereocenters. The minimum Gasteiger partial charge on any atom is -0.501 e. The Bertz CT molecular complexity index is 1080. The van der Waals surface area contributed by atoms with Crippen LogP contribution in [0.25, 0.3) is 0 Å². The van der Waals surface area contributed by atoms with E-state index in [-0.39, 0.29) is 30.5 Å². The fraction of sp³-hybridized carbons (Fsp3) is 0.538. The van der Waals surface area contributed by atoms with E-state index in [1.807, 2.05) is 18.2 Å². The molecular weight excluding hydrogens is 480 g/mol. The summed E-state index contributed by atoms with van der Waals surface area (Å²) in [7, 11) is 4.71. The van der Waals surface area contributed by atoms with Gasteiger partial charge in [0.2, 0.25) is 5.88 Å². The molecule has 2 heterocycles. The smallest absolute Gasteiger partial charge is 0.326 e. The number of anilines is 1. The topological polar surface area (TPSA) is 111 Å². The van der Waals surface area contributed by atoms with Gasteiger partial charge in [-0.25, -0.2) is 9.78 Å². The van der Waals surface area contributed by atoms with Gasteiger partial charge >= 0.3 is 12.0 Å². The molecule has 11 heteroatoms. The van der Waals surface area contributed by atoms with E-state index < -0.39 is 17.7 Å². The molecule has 1 aromatic heterocycles. The Morgan fingerprint density at radius 2 is 1.81 bits per heavy atom. The molecule has 37 heavy (non-hydrogen) atoms. The number of nitrogens with zero attached hydrogens (tertiary/aromatic N) is 4. The van der Waals surface area contributed by atoms with E-state index in [1.165, 1.54) is 18.9 Å². The van der Waals surface area contributed by atoms with Gasteiger partial charge in [-0.3, -0.25) is 19.4 Å². The minimum atomic E-state index is -0.666. The number of piperazine rings is 1. The van der Waals surface area contributed by atoms with E-state index in [4.69, 9.17) is 18.9 Å². The normalized spacial score (nSPS) is 19.7. The van der Waals surface area contributed by atoms with Crippen LogP contribution < -0.4 is 9.64 Å². The van der Waals surface area contributed by atoms with Crippen LogP contribution in [0.2, 0.25) is 0 Å². The average molecular weight is 517 g/mol. The summed E-state index contributed by atoms with van der Waals surface area (Å²) in [5.41, 5.74) is 0.383. The second-order valence-corrected chi connectivity index (χ2v) is 8.78. The lowest BCUT2D eigenvalue weighted by Gasteiger charge is -2.46. The third-order valence-corrected chi connectivity index (χ3v) is 6.61. The van der Waals surface area contributed by atoms with Crippen LogP contribution >= 0.6 is 0 Å². The Kier molecular flexibility index (Phi) is 9.28. The van der Waals surface area contributed by atoms with Crippen LogP contribution in [-0.4, -0.2) is 99.0 Å². The number of aromatic nitrogens is 1. The van der Waals surface area contributed by atoms with Crippen molar-refractivity contribution < 1.29 is 33.3 Å². The summed E-state index contributed by atoms with van der Waals surface area (Å²) >= 11 is 0. The van der Waals surface area contributed by atoms with Crippen LogP contribution in [0.15, 0.2) is 30.1 Å². The van der Waals surface area contributed by atoms with Crippen LogP contribution in [0, 0.1) is 6.92 Å². The number of hydrogen-bond donors (Lipinski definition) is 0. The zero-order chi connectivity index (χ0) is 27.2. The average Bonchev–Trinajstić information content (AvgIpc) is 2.91. The van der Waals surface area contributed by atoms with Gasteiger partial charge in [-0.2, -0.15) is 0 Å². The monoisotopic (exact) mass is 516 g/mol. The number of hydrogen-bond acceptors (Lipinski definition) is 9. The summed E-state index contributed by atoms with van der Waals surface area (Å²) in [6.45, 7) is 6.49. The maximum absolute atomic E-state index is 13.8. The second-order valence-electron chi connectivity index (χ2n) is 8.78. The van der Waals surface area contributed by atoms with Gasteiger partial charge in [-0.05, 0) is 39.0 Å². The summed E-state index contributed by atoms with van der Waals surface area (Å²) in [5.74, 6) is 0.166. The standard InChI is InChI=1S/C26H36N4O7/c1-7-37-23(32)17-30(22-15-21(19(3)31)18(2)27-24(22)35-5)25(33)28-11-13-29(14-12-28)26(36-6)10-8-9-20(16-26)34-4/h8-10,15H,7,11-14,16-17H2,1-6H3. The number of pyridine rings is 1. The number of carbonyl (C=O) groups is 3. The molecule has 1 fully saturated rings. The lowest BCUT2D eigenvalue weighted by Crippen LogP contribution is -2.60. The first kappa shape index (κ1) is 28.1. The molecule has 0 N–H and O–H groups in total. The van der Waals surface area contributed by atoms with Crippen LogP contribution in [-0.2, 0) is 19.0 Å². The first-order valence-corrected chi connectivity index (χ1v) is 12.2. The van der Waals surface area contributed by atoms with Crippen LogP contribution in [0.5, 0.6) is 5.88 Å². The molecule has 0 radical (unpaired) electrons. The first-order valence-electron chi connectivity index (χ1n) is 12.2. The third-order valence-electron chi connectivity index (χ3n) is 6.61. The van der Waals surface area contributed by atoms with E-state index in [2.05, 4.69) is 9.88 Å². The maximum Gasteiger partial charge on any atom is 0.326 e. The van der Waals surface area contributed by atoms with Crippen molar-refractivity contribution in [3.8, 4) is 5.88 Å². The maximum atomic E-state index is 13.8. The molecule has 2 amide bonds. The number of ketones is 1. The Hall–Kier alpha value is -3.44. The number of amides is 2. The summed E-state index contributed by atoms with van der Waals surface area (Å²) in [6, 6.07) is 1.14. The van der Waals surface area contributed by atoms with Crippen molar-refractivity contribution in [2.75, 3.05) is 65.6 Å². The molecule has 1 atom stereocenters. The van der Waals surface area contributed by atoms with E-state index in [9.17, 15) is 14.4 Å². The van der Waals surface area contributed by atoms with Gasteiger partial charge in [0.05, 0.1) is 32.9 Å². The molecule has 3 rings (SSSR count). The predicted octanol–water partition coefficient (Wildman–Crippen LogP) is 2.54. The molecule has 202 valence electrons. The molecule has 0 spiro atoms. The van der Waals surface area contributed by atoms with E-state index in [0.29, 0.717) is 43.9 Å². The zero-order valence-corrected chi connectivity index (χ0v) is 22.4. The highest BCUT2D eigenvalue weighted by Gasteiger charge is 2.40.